The van der Waals surface area contributed by atoms with E-state index in [0.717, 1.165) is 12.1 Å². The molecule has 0 bridgehead atoms. The minimum atomic E-state index is -0.636. The van der Waals surface area contributed by atoms with Gasteiger partial charge in [-0.2, -0.15) is 0 Å². The zero-order valence-electron chi connectivity index (χ0n) is 11.4. The van der Waals surface area contributed by atoms with Crippen molar-refractivity contribution in [1.82, 2.24) is 5.32 Å². The van der Waals surface area contributed by atoms with E-state index in [2.05, 4.69) is 5.32 Å². The number of carbonyl (C=O) groups is 2. The molecule has 0 saturated carbocycles. The summed E-state index contributed by atoms with van der Waals surface area (Å²) in [6.45, 7) is 5.09. The van der Waals surface area contributed by atoms with E-state index in [4.69, 9.17) is 11.6 Å². The van der Waals surface area contributed by atoms with Gasteiger partial charge in [0.25, 0.3) is 11.6 Å². The first-order valence-corrected chi connectivity index (χ1v) is 6.25. The molecule has 1 rings (SSSR count). The molecule has 0 radical (unpaired) electrons. The maximum absolute atomic E-state index is 11.9. The van der Waals surface area contributed by atoms with E-state index in [-0.39, 0.29) is 28.6 Å². The van der Waals surface area contributed by atoms with Crippen LogP contribution in [-0.4, -0.2) is 23.2 Å². The number of ketones is 1. The van der Waals surface area contributed by atoms with Crippen molar-refractivity contribution in [2.45, 2.75) is 20.8 Å². The number of nitrogens with zero attached hydrogens (tertiary/aromatic N) is 1. The number of carbonyl (C=O) groups excluding carboxylic acids is 2. The molecule has 108 valence electrons. The minimum absolute atomic E-state index is 0.0471. The van der Waals surface area contributed by atoms with Crippen LogP contribution in [0, 0.1) is 15.5 Å². The van der Waals surface area contributed by atoms with Gasteiger partial charge < -0.3 is 5.32 Å². The predicted molar refractivity (Wildman–Crippen MR) is 74.9 cm³/mol. The molecule has 6 nitrogen and oxygen atoms in total. The predicted octanol–water partition coefficient (Wildman–Crippen LogP) is 2.59. The number of rotatable bonds is 4. The van der Waals surface area contributed by atoms with E-state index in [1.54, 1.807) is 20.8 Å². The molecule has 0 fully saturated rings. The van der Waals surface area contributed by atoms with E-state index < -0.39 is 16.2 Å². The summed E-state index contributed by atoms with van der Waals surface area (Å²) in [6, 6.07) is 3.58. The van der Waals surface area contributed by atoms with Gasteiger partial charge in [-0.3, -0.25) is 19.7 Å². The molecular weight excluding hydrogens is 284 g/mol. The van der Waals surface area contributed by atoms with Gasteiger partial charge in [0.1, 0.15) is 0 Å². The Balaban J connectivity index is 2.83. The maximum Gasteiger partial charge on any atom is 0.271 e. The number of nitro groups is 1. The maximum atomic E-state index is 11.9. The van der Waals surface area contributed by atoms with Crippen molar-refractivity contribution in [3.05, 3.63) is 38.9 Å². The summed E-state index contributed by atoms with van der Waals surface area (Å²) in [5, 5.41) is 13.2. The van der Waals surface area contributed by atoms with E-state index in [1.807, 2.05) is 0 Å². The first kappa shape index (κ1) is 16.1. The Hall–Kier alpha value is -1.95. The number of amides is 1. The van der Waals surface area contributed by atoms with Crippen LogP contribution in [0.3, 0.4) is 0 Å². The Morgan fingerprint density at radius 1 is 1.30 bits per heavy atom. The van der Waals surface area contributed by atoms with Crippen molar-refractivity contribution < 1.29 is 14.5 Å². The molecule has 1 N–H and O–H groups in total. The van der Waals surface area contributed by atoms with Gasteiger partial charge in [-0.15, -0.1) is 0 Å². The molecule has 1 aromatic rings. The Morgan fingerprint density at radius 2 is 1.90 bits per heavy atom. The van der Waals surface area contributed by atoms with Crippen molar-refractivity contribution >= 4 is 29.0 Å². The Bertz CT molecular complexity index is 564. The zero-order chi connectivity index (χ0) is 15.5. The molecule has 1 aromatic carbocycles. The molecule has 0 aliphatic carbocycles. The topological polar surface area (TPSA) is 89.3 Å². The summed E-state index contributed by atoms with van der Waals surface area (Å²) >= 11 is 5.72. The lowest BCUT2D eigenvalue weighted by Crippen LogP contribution is -2.35. The highest BCUT2D eigenvalue weighted by molar-refractivity contribution is 6.31. The smallest absolute Gasteiger partial charge is 0.271 e. The van der Waals surface area contributed by atoms with Gasteiger partial charge in [-0.25, -0.2) is 0 Å². The van der Waals surface area contributed by atoms with Crippen molar-refractivity contribution in [1.29, 1.82) is 0 Å². The largest absolute Gasteiger partial charge is 0.345 e. The van der Waals surface area contributed by atoms with Crippen LogP contribution in [0.1, 0.15) is 31.1 Å². The van der Waals surface area contributed by atoms with Crippen LogP contribution in [0.2, 0.25) is 5.02 Å². The molecule has 0 aliphatic rings. The van der Waals surface area contributed by atoms with Crippen molar-refractivity contribution in [2.24, 2.45) is 5.41 Å². The van der Waals surface area contributed by atoms with Gasteiger partial charge >= 0.3 is 0 Å². The molecule has 7 heteroatoms. The zero-order valence-corrected chi connectivity index (χ0v) is 12.2. The number of nitrogens with one attached hydrogen (secondary N) is 1. The van der Waals surface area contributed by atoms with Crippen LogP contribution in [0.4, 0.5) is 5.69 Å². The highest BCUT2D eigenvalue weighted by atomic mass is 35.5. The van der Waals surface area contributed by atoms with Gasteiger partial charge in [-0.1, -0.05) is 32.4 Å². The van der Waals surface area contributed by atoms with Gasteiger partial charge in [0.2, 0.25) is 0 Å². The van der Waals surface area contributed by atoms with E-state index in [1.165, 1.54) is 6.07 Å². The summed E-state index contributed by atoms with van der Waals surface area (Å²) in [5.41, 5.74) is -0.788. The quantitative estimate of drug-likeness (QED) is 0.683. The van der Waals surface area contributed by atoms with Crippen LogP contribution in [-0.2, 0) is 4.79 Å². The summed E-state index contributed by atoms with van der Waals surface area (Å²) in [6.07, 6.45) is 0. The summed E-state index contributed by atoms with van der Waals surface area (Å²) < 4.78 is 0. The third kappa shape index (κ3) is 4.31. The molecule has 20 heavy (non-hydrogen) atoms. The average molecular weight is 299 g/mol. The molecule has 1 amide bonds. The normalized spacial score (nSPS) is 11.0. The second-order valence-electron chi connectivity index (χ2n) is 5.31. The minimum Gasteiger partial charge on any atom is -0.345 e. The van der Waals surface area contributed by atoms with E-state index in [9.17, 15) is 19.7 Å². The molecule has 0 atom stereocenters. The second kappa shape index (κ2) is 6.00. The Labute approximate surface area is 121 Å². The number of halogens is 1. The number of non-ortho nitro benzene ring substituents is 1. The van der Waals surface area contributed by atoms with Gasteiger partial charge in [-0.05, 0) is 6.07 Å². The molecular formula is C13H15ClN2O4. The highest BCUT2D eigenvalue weighted by Gasteiger charge is 2.22. The monoisotopic (exact) mass is 298 g/mol. The lowest BCUT2D eigenvalue weighted by atomic mass is 9.91. The number of hydrogen-bond acceptors (Lipinski definition) is 4. The third-order valence-electron chi connectivity index (χ3n) is 2.60. The van der Waals surface area contributed by atoms with Crippen LogP contribution in [0.25, 0.3) is 0 Å². The SMILES string of the molecule is CC(C)(C)C(=O)CNC(=O)c1cc(Cl)cc([N+](=O)[O-])c1. The summed E-state index contributed by atoms with van der Waals surface area (Å²) in [4.78, 5) is 33.6. The third-order valence-corrected chi connectivity index (χ3v) is 2.82. The molecule has 0 saturated heterocycles. The number of Topliss-reactive ketones (excluding diaryl/α,β-unsaturated/α-hetero) is 1. The molecule has 0 unspecified atom stereocenters. The van der Waals surface area contributed by atoms with Crippen molar-refractivity contribution in [3.8, 4) is 0 Å². The van der Waals surface area contributed by atoms with Crippen LogP contribution in [0.5, 0.6) is 0 Å². The fourth-order valence-electron chi connectivity index (χ4n) is 1.34. The second-order valence-corrected chi connectivity index (χ2v) is 5.75. The number of hydrogen-bond donors (Lipinski definition) is 1. The number of nitro benzene ring substituents is 1. The first-order valence-electron chi connectivity index (χ1n) is 5.88. The number of benzene rings is 1. The fourth-order valence-corrected chi connectivity index (χ4v) is 1.57. The van der Waals surface area contributed by atoms with E-state index >= 15 is 0 Å². The average Bonchev–Trinajstić information content (AvgIpc) is 2.33. The van der Waals surface area contributed by atoms with Gasteiger partial charge in [0, 0.05) is 28.1 Å². The summed E-state index contributed by atoms with van der Waals surface area (Å²) in [7, 11) is 0. The van der Waals surface area contributed by atoms with Crippen molar-refractivity contribution in [3.63, 3.8) is 0 Å². The fraction of sp³-hybridized carbons (Fsp3) is 0.385. The lowest BCUT2D eigenvalue weighted by molar-refractivity contribution is -0.384. The molecule has 0 aliphatic heterocycles. The van der Waals surface area contributed by atoms with Gasteiger partial charge in [0.05, 0.1) is 11.5 Å². The van der Waals surface area contributed by atoms with Crippen LogP contribution in [0.15, 0.2) is 18.2 Å². The molecule has 0 heterocycles. The van der Waals surface area contributed by atoms with E-state index in [0.29, 0.717) is 0 Å². The lowest BCUT2D eigenvalue weighted by Gasteiger charge is -2.16. The first-order chi connectivity index (χ1) is 9.11. The van der Waals surface area contributed by atoms with Crippen LogP contribution < -0.4 is 5.32 Å². The Kier molecular flexibility index (Phi) is 4.83. The van der Waals surface area contributed by atoms with Gasteiger partial charge in [0.15, 0.2) is 5.78 Å². The highest BCUT2D eigenvalue weighted by Crippen LogP contribution is 2.21. The standard InChI is InChI=1S/C13H15ClN2O4/c1-13(2,3)11(17)7-15-12(18)8-4-9(14)6-10(5-8)16(19)20/h4-6H,7H2,1-3H3,(H,15,18). The molecule has 0 spiro atoms. The van der Waals surface area contributed by atoms with Crippen molar-refractivity contribution in [2.75, 3.05) is 6.54 Å². The Morgan fingerprint density at radius 3 is 2.40 bits per heavy atom. The molecule has 0 aromatic heterocycles. The summed E-state index contributed by atoms with van der Waals surface area (Å²) in [5.74, 6) is -0.712. The van der Waals surface area contributed by atoms with Crippen LogP contribution >= 0.6 is 11.6 Å².